The van der Waals surface area contributed by atoms with E-state index in [0.717, 1.165) is 43.5 Å². The van der Waals surface area contributed by atoms with Crippen LogP contribution in [0.15, 0.2) is 48.9 Å². The van der Waals surface area contributed by atoms with Gasteiger partial charge in [0.1, 0.15) is 34.4 Å². The van der Waals surface area contributed by atoms with Crippen LogP contribution in [0.1, 0.15) is 61.3 Å². The van der Waals surface area contributed by atoms with Crippen molar-refractivity contribution in [2.45, 2.75) is 57.8 Å². The van der Waals surface area contributed by atoms with Crippen molar-refractivity contribution in [3.8, 4) is 17.0 Å². The molecule has 0 unspecified atom stereocenters. The number of nitrogens with zero attached hydrogens (tertiary/aromatic N) is 6. The number of rotatable bonds is 7. The van der Waals surface area contributed by atoms with Crippen LogP contribution in [0.25, 0.3) is 16.8 Å². The molecule has 1 aromatic carbocycles. The lowest BCUT2D eigenvalue weighted by atomic mass is 9.90. The first kappa shape index (κ1) is 31.3. The SMILES string of the molecule is CCOc1cc(C(=O)Nc2cc(C(F)(F)F)ccn2)ccc1-c1nc([C@@H]2CC[C@@H]3CN(C(C)C)CC(=O)N3C2)n2ccnc(N)c12. The van der Waals surface area contributed by atoms with E-state index < -0.39 is 17.6 Å². The highest BCUT2D eigenvalue weighted by Gasteiger charge is 2.39. The number of ether oxygens (including phenoxy) is 1. The zero-order valence-electron chi connectivity index (χ0n) is 25.7. The lowest BCUT2D eigenvalue weighted by molar-refractivity contribution is -0.143. The average Bonchev–Trinajstić information content (AvgIpc) is 3.41. The number of anilines is 2. The van der Waals surface area contributed by atoms with Gasteiger partial charge >= 0.3 is 6.18 Å². The number of alkyl halides is 3. The molecule has 0 radical (unpaired) electrons. The summed E-state index contributed by atoms with van der Waals surface area (Å²) in [6, 6.07) is 6.78. The number of halogens is 3. The van der Waals surface area contributed by atoms with Gasteiger partial charge in [-0.3, -0.25) is 18.9 Å². The standard InChI is InChI=1S/C32H35F3N8O3/c1-4-46-24-13-19(31(45)39-25-14-21(9-10-37-25)32(33,34)35)6-8-23(24)27-28-29(36)38-11-12-42(28)30(40-27)20-5-7-22-16-41(18(2)3)17-26(44)43(22)15-20/h6,8-14,18,20,22H,4-5,7,15-17H2,1-3H3,(H2,36,38)(H,37,39,45)/t20-,22-/m1/s1. The Morgan fingerprint density at radius 3 is 2.67 bits per heavy atom. The number of benzene rings is 1. The van der Waals surface area contributed by atoms with E-state index in [9.17, 15) is 22.8 Å². The van der Waals surface area contributed by atoms with Crippen molar-refractivity contribution >= 4 is 29.0 Å². The van der Waals surface area contributed by atoms with Crippen LogP contribution >= 0.6 is 0 Å². The highest BCUT2D eigenvalue weighted by Crippen LogP contribution is 2.39. The maximum atomic E-state index is 13.2. The number of aromatic nitrogens is 4. The van der Waals surface area contributed by atoms with Crippen LogP contribution in [-0.2, 0) is 11.0 Å². The van der Waals surface area contributed by atoms with Crippen molar-refractivity contribution in [2.75, 3.05) is 37.3 Å². The Bertz CT molecular complexity index is 1790. The molecule has 6 rings (SSSR count). The number of nitrogen functional groups attached to an aromatic ring is 1. The summed E-state index contributed by atoms with van der Waals surface area (Å²) in [6.45, 7) is 8.06. The largest absolute Gasteiger partial charge is 0.493 e. The number of piperazine rings is 1. The van der Waals surface area contributed by atoms with Crippen LogP contribution in [0.2, 0.25) is 0 Å². The molecule has 0 spiro atoms. The van der Waals surface area contributed by atoms with Gasteiger partial charge in [-0.15, -0.1) is 0 Å². The fourth-order valence-corrected chi connectivity index (χ4v) is 6.29. The highest BCUT2D eigenvalue weighted by molar-refractivity contribution is 6.04. The van der Waals surface area contributed by atoms with Crippen molar-refractivity contribution in [1.82, 2.24) is 29.2 Å². The molecule has 14 heteroatoms. The third kappa shape index (κ3) is 5.96. The van der Waals surface area contributed by atoms with Gasteiger partial charge in [-0.25, -0.2) is 15.0 Å². The topological polar surface area (TPSA) is 131 Å². The Hall–Kier alpha value is -4.72. The number of nitrogens with one attached hydrogen (secondary N) is 1. The molecule has 242 valence electrons. The van der Waals surface area contributed by atoms with Gasteiger partial charge in [-0.2, -0.15) is 13.2 Å². The number of fused-ring (bicyclic) bond motifs is 2. The van der Waals surface area contributed by atoms with Gasteiger partial charge in [0.05, 0.1) is 18.7 Å². The summed E-state index contributed by atoms with van der Waals surface area (Å²) < 4.78 is 47.3. The predicted molar refractivity (Wildman–Crippen MR) is 165 cm³/mol. The maximum absolute atomic E-state index is 13.2. The molecular weight excluding hydrogens is 601 g/mol. The Labute approximate surface area is 263 Å². The van der Waals surface area contributed by atoms with Crippen LogP contribution in [0.3, 0.4) is 0 Å². The normalized spacial score (nSPS) is 19.0. The van der Waals surface area contributed by atoms with Crippen LogP contribution < -0.4 is 15.8 Å². The Balaban J connectivity index is 1.33. The molecule has 2 aliphatic rings. The molecule has 0 aliphatic carbocycles. The van der Waals surface area contributed by atoms with Gasteiger partial charge in [0.25, 0.3) is 5.91 Å². The second-order valence-corrected chi connectivity index (χ2v) is 11.9. The lowest BCUT2D eigenvalue weighted by Gasteiger charge is -2.46. The summed E-state index contributed by atoms with van der Waals surface area (Å²) in [5.41, 5.74) is 7.28. The first-order chi connectivity index (χ1) is 21.9. The Kier molecular flexibility index (Phi) is 8.32. The summed E-state index contributed by atoms with van der Waals surface area (Å²) in [4.78, 5) is 43.7. The van der Waals surface area contributed by atoms with Crippen LogP contribution in [0.4, 0.5) is 24.8 Å². The summed E-state index contributed by atoms with van der Waals surface area (Å²) in [5, 5.41) is 2.43. The lowest BCUT2D eigenvalue weighted by Crippen LogP contribution is -2.60. The van der Waals surface area contributed by atoms with E-state index >= 15 is 0 Å². The zero-order chi connectivity index (χ0) is 32.7. The number of carbonyl (C=O) groups is 2. The molecule has 2 amide bonds. The zero-order valence-corrected chi connectivity index (χ0v) is 25.7. The molecule has 2 fully saturated rings. The van der Waals surface area contributed by atoms with E-state index in [4.69, 9.17) is 15.5 Å². The molecule has 3 aromatic heterocycles. The van der Waals surface area contributed by atoms with Gasteiger partial charge in [0.2, 0.25) is 5.91 Å². The molecule has 0 saturated carbocycles. The number of nitrogens with two attached hydrogens (primary N) is 1. The second-order valence-electron chi connectivity index (χ2n) is 11.9. The van der Waals surface area contributed by atoms with E-state index in [-0.39, 0.29) is 41.7 Å². The van der Waals surface area contributed by atoms with Gasteiger partial charge in [0, 0.05) is 60.8 Å². The van der Waals surface area contributed by atoms with Crippen molar-refractivity contribution in [1.29, 1.82) is 0 Å². The van der Waals surface area contributed by atoms with E-state index in [2.05, 4.69) is 34.0 Å². The number of amides is 2. The molecule has 4 aromatic rings. The van der Waals surface area contributed by atoms with E-state index in [1.807, 2.05) is 9.30 Å². The number of imidazole rings is 1. The molecule has 0 bridgehead atoms. The van der Waals surface area contributed by atoms with Crippen LogP contribution in [-0.4, -0.2) is 79.3 Å². The molecular formula is C32H35F3N8O3. The van der Waals surface area contributed by atoms with Crippen molar-refractivity contribution in [3.63, 3.8) is 0 Å². The first-order valence-corrected chi connectivity index (χ1v) is 15.2. The monoisotopic (exact) mass is 636 g/mol. The number of carbonyl (C=O) groups excluding carboxylic acids is 2. The number of pyridine rings is 1. The van der Waals surface area contributed by atoms with E-state index in [1.54, 1.807) is 25.4 Å². The number of hydrogen-bond donors (Lipinski definition) is 2. The molecule has 3 N–H and O–H groups in total. The third-order valence-corrected chi connectivity index (χ3v) is 8.64. The average molecular weight is 637 g/mol. The van der Waals surface area contributed by atoms with Crippen molar-refractivity contribution in [2.24, 2.45) is 0 Å². The second kappa shape index (κ2) is 12.2. The quantitative estimate of drug-likeness (QED) is 0.295. The molecule has 46 heavy (non-hydrogen) atoms. The molecule has 2 atom stereocenters. The van der Waals surface area contributed by atoms with E-state index in [0.29, 0.717) is 41.7 Å². The minimum absolute atomic E-state index is 0.0468. The smallest absolute Gasteiger partial charge is 0.416 e. The minimum atomic E-state index is -4.58. The van der Waals surface area contributed by atoms with Gasteiger partial charge in [-0.1, -0.05) is 0 Å². The maximum Gasteiger partial charge on any atom is 0.416 e. The Morgan fingerprint density at radius 1 is 1.13 bits per heavy atom. The summed E-state index contributed by atoms with van der Waals surface area (Å²) in [7, 11) is 0. The fourth-order valence-electron chi connectivity index (χ4n) is 6.29. The highest BCUT2D eigenvalue weighted by atomic mass is 19.4. The molecule has 2 saturated heterocycles. The van der Waals surface area contributed by atoms with Crippen LogP contribution in [0, 0.1) is 0 Å². The molecule has 11 nitrogen and oxygen atoms in total. The number of piperidine rings is 1. The third-order valence-electron chi connectivity index (χ3n) is 8.64. The summed E-state index contributed by atoms with van der Waals surface area (Å²) in [6.07, 6.45) is 1.50. The predicted octanol–water partition coefficient (Wildman–Crippen LogP) is 4.84. The summed E-state index contributed by atoms with van der Waals surface area (Å²) >= 11 is 0. The van der Waals surface area contributed by atoms with Gasteiger partial charge in [0.15, 0.2) is 0 Å². The van der Waals surface area contributed by atoms with Crippen LogP contribution in [0.5, 0.6) is 5.75 Å². The van der Waals surface area contributed by atoms with E-state index in [1.165, 1.54) is 12.1 Å². The van der Waals surface area contributed by atoms with Gasteiger partial charge < -0.3 is 20.7 Å². The fraction of sp³-hybridized carbons (Fsp3) is 0.406. The minimum Gasteiger partial charge on any atom is -0.493 e. The number of hydrogen-bond acceptors (Lipinski definition) is 8. The first-order valence-electron chi connectivity index (χ1n) is 15.2. The molecule has 5 heterocycles. The summed E-state index contributed by atoms with van der Waals surface area (Å²) in [5.74, 6) is 0.520. The van der Waals surface area contributed by atoms with Crippen molar-refractivity contribution < 1.29 is 27.5 Å². The van der Waals surface area contributed by atoms with Gasteiger partial charge in [-0.05, 0) is 63.9 Å². The molecule has 2 aliphatic heterocycles. The Morgan fingerprint density at radius 2 is 1.93 bits per heavy atom. The van der Waals surface area contributed by atoms with Crippen molar-refractivity contribution in [3.05, 3.63) is 65.9 Å².